The summed E-state index contributed by atoms with van der Waals surface area (Å²) in [6, 6.07) is 0. The third kappa shape index (κ3) is 16.3. The van der Waals surface area contributed by atoms with Crippen LogP contribution in [0.2, 0.25) is 0 Å². The van der Waals surface area contributed by atoms with Gasteiger partial charge in [0.05, 0.1) is 11.9 Å². The summed E-state index contributed by atoms with van der Waals surface area (Å²) in [7, 11) is 0. The summed E-state index contributed by atoms with van der Waals surface area (Å²) in [4.78, 5) is 21.0. The fourth-order valence-electron chi connectivity index (χ4n) is 2.36. The van der Waals surface area contributed by atoms with Gasteiger partial charge in [0, 0.05) is 0 Å². The molecule has 0 aromatic carbocycles. The molecule has 0 spiro atoms. The zero-order chi connectivity index (χ0) is 15.9. The molecule has 4 nitrogen and oxygen atoms in total. The molecule has 0 atom stereocenters. The maximum atomic E-state index is 10.7. The minimum absolute atomic E-state index is 0. The van der Waals surface area contributed by atoms with E-state index in [9.17, 15) is 19.8 Å². The molecule has 0 fully saturated rings. The van der Waals surface area contributed by atoms with Crippen molar-refractivity contribution in [3.63, 3.8) is 0 Å². The van der Waals surface area contributed by atoms with Crippen molar-refractivity contribution in [2.45, 2.75) is 84.0 Å². The quantitative estimate of drug-likeness (QED) is 0.275. The van der Waals surface area contributed by atoms with Gasteiger partial charge in [-0.05, 0) is 24.5 Å². The van der Waals surface area contributed by atoms with Gasteiger partial charge in [0.15, 0.2) is 0 Å². The predicted molar refractivity (Wildman–Crippen MR) is 84.9 cm³/mol. The van der Waals surface area contributed by atoms with E-state index in [1.54, 1.807) is 0 Å². The van der Waals surface area contributed by atoms with Crippen LogP contribution in [0.5, 0.6) is 0 Å². The molecule has 0 saturated heterocycles. The van der Waals surface area contributed by atoms with Gasteiger partial charge in [-0.15, -0.1) is 0 Å². The molecule has 0 rings (SSSR count). The number of carboxylic acid groups (broad SMARTS) is 2. The molecule has 0 bridgehead atoms. The first kappa shape index (κ1) is 24.2. The van der Waals surface area contributed by atoms with Crippen LogP contribution in [0.1, 0.15) is 84.0 Å². The number of rotatable bonds is 14. The van der Waals surface area contributed by atoms with Crippen molar-refractivity contribution in [3.05, 3.63) is 11.6 Å². The number of carbonyl (C=O) groups excluding carboxylic acids is 2. The van der Waals surface area contributed by atoms with Crippen LogP contribution in [0, 0.1) is 0 Å². The fraction of sp³-hybridized carbons (Fsp3) is 0.765. The molecule has 0 aliphatic heterocycles. The van der Waals surface area contributed by atoms with E-state index >= 15 is 0 Å². The van der Waals surface area contributed by atoms with Gasteiger partial charge >= 0.3 is 37.7 Å². The zero-order valence-corrected chi connectivity index (χ0v) is 16.1. The Kier molecular flexibility index (Phi) is 19.0. The second-order valence-electron chi connectivity index (χ2n) is 5.56. The van der Waals surface area contributed by atoms with Crippen molar-refractivity contribution >= 4 is 49.7 Å². The van der Waals surface area contributed by atoms with Crippen LogP contribution in [0.25, 0.3) is 0 Å². The Bertz CT molecular complexity index is 327. The molecule has 122 valence electrons. The predicted octanol–water partition coefficient (Wildman–Crippen LogP) is 1.73. The molecule has 0 aliphatic rings. The summed E-state index contributed by atoms with van der Waals surface area (Å²) >= 11 is 0. The van der Waals surface area contributed by atoms with Crippen LogP contribution in [0.3, 0.4) is 0 Å². The summed E-state index contributed by atoms with van der Waals surface area (Å²) < 4.78 is 0. The Morgan fingerprint density at radius 1 is 0.773 bits per heavy atom. The fourth-order valence-corrected chi connectivity index (χ4v) is 2.36. The molecule has 0 aliphatic carbocycles. The number of aliphatic carboxylic acids is 2. The van der Waals surface area contributed by atoms with Gasteiger partial charge in [-0.2, -0.15) is 0 Å². The Morgan fingerprint density at radius 3 is 1.55 bits per heavy atom. The standard InChI is InChI=1S/C17H30O4.Ca/c1-2-3-4-5-6-7-8-9-10-11-12-13-15(17(20)21)14-16(18)19;/h14H,2-13H2,1H3,(H,18,19)(H,20,21);/q;+2/p-2/b15-14-;. The Balaban J connectivity index is 0. The summed E-state index contributed by atoms with van der Waals surface area (Å²) in [5.41, 5.74) is -0.175. The van der Waals surface area contributed by atoms with Crippen molar-refractivity contribution in [1.82, 2.24) is 0 Å². The first-order valence-corrected chi connectivity index (χ1v) is 8.20. The summed E-state index contributed by atoms with van der Waals surface area (Å²) in [5.74, 6) is -2.89. The molecule has 0 unspecified atom stereocenters. The molecular formula is C17H28CaO4. The first-order chi connectivity index (χ1) is 10.1. The van der Waals surface area contributed by atoms with E-state index in [-0.39, 0.29) is 49.7 Å². The van der Waals surface area contributed by atoms with Gasteiger partial charge in [0.1, 0.15) is 0 Å². The third-order valence-electron chi connectivity index (χ3n) is 3.60. The summed E-state index contributed by atoms with van der Waals surface area (Å²) in [5, 5.41) is 21.0. The molecule has 0 aromatic heterocycles. The average Bonchev–Trinajstić information content (AvgIpc) is 2.42. The Morgan fingerprint density at radius 2 is 1.18 bits per heavy atom. The Labute approximate surface area is 164 Å². The largest absolute Gasteiger partial charge is 2.00 e. The van der Waals surface area contributed by atoms with Gasteiger partial charge in [0.25, 0.3) is 0 Å². The van der Waals surface area contributed by atoms with Crippen LogP contribution in [-0.4, -0.2) is 49.7 Å². The topological polar surface area (TPSA) is 80.3 Å². The van der Waals surface area contributed by atoms with Crippen molar-refractivity contribution in [2.75, 3.05) is 0 Å². The molecule has 0 aromatic rings. The molecule has 0 amide bonds. The second kappa shape index (κ2) is 17.3. The van der Waals surface area contributed by atoms with E-state index in [1.165, 1.54) is 51.4 Å². The Hall–Kier alpha value is -0.0603. The maximum absolute atomic E-state index is 10.7. The minimum Gasteiger partial charge on any atom is -0.545 e. The van der Waals surface area contributed by atoms with Crippen molar-refractivity contribution in [2.24, 2.45) is 0 Å². The van der Waals surface area contributed by atoms with E-state index in [4.69, 9.17) is 0 Å². The maximum Gasteiger partial charge on any atom is 2.00 e. The molecule has 5 heteroatoms. The molecule has 0 heterocycles. The molecule has 0 N–H and O–H groups in total. The van der Waals surface area contributed by atoms with Crippen LogP contribution in [0.4, 0.5) is 0 Å². The van der Waals surface area contributed by atoms with E-state index in [0.29, 0.717) is 12.5 Å². The van der Waals surface area contributed by atoms with Crippen molar-refractivity contribution in [1.29, 1.82) is 0 Å². The van der Waals surface area contributed by atoms with E-state index in [2.05, 4.69) is 6.92 Å². The van der Waals surface area contributed by atoms with Crippen LogP contribution in [0.15, 0.2) is 11.6 Å². The van der Waals surface area contributed by atoms with Crippen molar-refractivity contribution in [3.8, 4) is 0 Å². The van der Waals surface area contributed by atoms with Gasteiger partial charge in [-0.1, -0.05) is 71.1 Å². The zero-order valence-electron chi connectivity index (χ0n) is 13.9. The van der Waals surface area contributed by atoms with E-state index in [0.717, 1.165) is 12.8 Å². The number of carboxylic acids is 2. The summed E-state index contributed by atoms with van der Waals surface area (Å²) in [6.07, 6.45) is 13.8. The normalized spacial score (nSPS) is 11.0. The van der Waals surface area contributed by atoms with Crippen LogP contribution >= 0.6 is 0 Å². The van der Waals surface area contributed by atoms with E-state index < -0.39 is 11.9 Å². The SMILES string of the molecule is CCCCCCCCCCCCC/C(=C/C(=O)[O-])C(=O)[O-].[Ca+2]. The van der Waals surface area contributed by atoms with Crippen LogP contribution < -0.4 is 10.2 Å². The first-order valence-electron chi connectivity index (χ1n) is 8.20. The van der Waals surface area contributed by atoms with Gasteiger partial charge < -0.3 is 19.8 Å². The second-order valence-corrected chi connectivity index (χ2v) is 5.56. The summed E-state index contributed by atoms with van der Waals surface area (Å²) in [6.45, 7) is 2.22. The van der Waals surface area contributed by atoms with Gasteiger partial charge in [0.2, 0.25) is 0 Å². The number of unbranched alkanes of at least 4 members (excludes halogenated alkanes) is 10. The monoisotopic (exact) mass is 336 g/mol. The van der Waals surface area contributed by atoms with Crippen molar-refractivity contribution < 1.29 is 19.8 Å². The van der Waals surface area contributed by atoms with Gasteiger partial charge in [-0.25, -0.2) is 0 Å². The van der Waals surface area contributed by atoms with Crippen LogP contribution in [-0.2, 0) is 9.59 Å². The van der Waals surface area contributed by atoms with E-state index in [1.807, 2.05) is 0 Å². The number of hydrogen-bond acceptors (Lipinski definition) is 4. The smallest absolute Gasteiger partial charge is 0.545 e. The minimum atomic E-state index is -1.47. The molecule has 0 saturated carbocycles. The number of hydrogen-bond donors (Lipinski definition) is 0. The molecular weight excluding hydrogens is 308 g/mol. The molecule has 0 radical (unpaired) electrons. The average molecular weight is 336 g/mol. The van der Waals surface area contributed by atoms with Gasteiger partial charge in [-0.3, -0.25) is 0 Å². The number of carbonyl (C=O) groups is 2. The molecule has 22 heavy (non-hydrogen) atoms. The third-order valence-corrected chi connectivity index (χ3v) is 3.60.